The van der Waals surface area contributed by atoms with Gasteiger partial charge in [0.15, 0.2) is 0 Å². The second-order valence-corrected chi connectivity index (χ2v) is 9.27. The van der Waals surface area contributed by atoms with Gasteiger partial charge in [-0.15, -0.1) is 5.10 Å². The Balaban J connectivity index is 1.45. The van der Waals surface area contributed by atoms with Crippen LogP contribution in [0.1, 0.15) is 56.6 Å². The number of amides is 1. The van der Waals surface area contributed by atoms with Crippen molar-refractivity contribution in [3.63, 3.8) is 0 Å². The van der Waals surface area contributed by atoms with Gasteiger partial charge in [-0.05, 0) is 85.9 Å². The van der Waals surface area contributed by atoms with Crippen LogP contribution in [0.5, 0.6) is 0 Å². The minimum absolute atomic E-state index is 0.238. The lowest BCUT2D eigenvalue weighted by Gasteiger charge is -2.36. The first-order valence-corrected chi connectivity index (χ1v) is 11.3. The van der Waals surface area contributed by atoms with Crippen molar-refractivity contribution in [2.24, 2.45) is 5.92 Å². The summed E-state index contributed by atoms with van der Waals surface area (Å²) in [5.41, 5.74) is 3.32. The van der Waals surface area contributed by atoms with E-state index < -0.39 is 0 Å². The van der Waals surface area contributed by atoms with Gasteiger partial charge in [-0.25, -0.2) is 0 Å². The summed E-state index contributed by atoms with van der Waals surface area (Å²) >= 11 is 1.44. The van der Waals surface area contributed by atoms with Crippen molar-refractivity contribution in [2.45, 2.75) is 76.5 Å². The SMILES string of the molecule is Cc1cccc(-n2nnnc2SCC(=O)N(C2CCC(C)CC2)C2CC2)c1C. The lowest BCUT2D eigenvalue weighted by atomic mass is 9.86. The largest absolute Gasteiger partial charge is 0.336 e. The maximum absolute atomic E-state index is 13.1. The van der Waals surface area contributed by atoms with Crippen molar-refractivity contribution in [3.8, 4) is 5.69 Å². The lowest BCUT2D eigenvalue weighted by Crippen LogP contribution is -2.44. The molecule has 7 heteroatoms. The highest BCUT2D eigenvalue weighted by Crippen LogP contribution is 2.36. The fourth-order valence-corrected chi connectivity index (χ4v) is 4.92. The Hall–Kier alpha value is -1.89. The van der Waals surface area contributed by atoms with E-state index in [0.29, 0.717) is 23.0 Å². The second-order valence-electron chi connectivity index (χ2n) is 8.33. The molecular formula is C21H29N5OS. The van der Waals surface area contributed by atoms with Crippen LogP contribution >= 0.6 is 11.8 Å². The Morgan fingerprint density at radius 1 is 1.14 bits per heavy atom. The topological polar surface area (TPSA) is 63.9 Å². The van der Waals surface area contributed by atoms with Crippen LogP contribution in [-0.2, 0) is 4.79 Å². The molecule has 6 nitrogen and oxygen atoms in total. The van der Waals surface area contributed by atoms with Gasteiger partial charge in [-0.1, -0.05) is 30.8 Å². The van der Waals surface area contributed by atoms with E-state index >= 15 is 0 Å². The van der Waals surface area contributed by atoms with Crippen molar-refractivity contribution in [3.05, 3.63) is 29.3 Å². The fourth-order valence-electron chi connectivity index (χ4n) is 4.16. The van der Waals surface area contributed by atoms with Crippen LogP contribution in [0.15, 0.2) is 23.4 Å². The number of tetrazole rings is 1. The molecule has 2 aromatic rings. The van der Waals surface area contributed by atoms with Gasteiger partial charge in [-0.2, -0.15) is 4.68 Å². The smallest absolute Gasteiger partial charge is 0.233 e. The molecule has 0 aliphatic heterocycles. The third-order valence-corrected chi connectivity index (χ3v) is 7.08. The molecule has 28 heavy (non-hydrogen) atoms. The quantitative estimate of drug-likeness (QED) is 0.689. The zero-order valence-corrected chi connectivity index (χ0v) is 17.8. The Morgan fingerprint density at radius 2 is 1.82 bits per heavy atom. The zero-order valence-electron chi connectivity index (χ0n) is 17.0. The van der Waals surface area contributed by atoms with Gasteiger partial charge in [-0.3, -0.25) is 4.79 Å². The third-order valence-electron chi connectivity index (χ3n) is 6.18. The van der Waals surface area contributed by atoms with E-state index in [2.05, 4.69) is 47.3 Å². The molecule has 150 valence electrons. The lowest BCUT2D eigenvalue weighted by molar-refractivity contribution is -0.132. The molecule has 0 atom stereocenters. The number of carbonyl (C=O) groups excluding carboxylic acids is 1. The third kappa shape index (κ3) is 4.09. The molecule has 1 aromatic heterocycles. The van der Waals surface area contributed by atoms with Crippen molar-refractivity contribution in [1.82, 2.24) is 25.1 Å². The van der Waals surface area contributed by atoms with E-state index in [1.54, 1.807) is 4.68 Å². The highest BCUT2D eigenvalue weighted by Gasteiger charge is 2.38. The first-order valence-electron chi connectivity index (χ1n) is 10.3. The highest BCUT2D eigenvalue weighted by molar-refractivity contribution is 7.99. The molecule has 1 aromatic carbocycles. The second kappa shape index (κ2) is 8.23. The fraction of sp³-hybridized carbons (Fsp3) is 0.619. The first-order chi connectivity index (χ1) is 13.5. The van der Waals surface area contributed by atoms with Gasteiger partial charge >= 0.3 is 0 Å². The number of aryl methyl sites for hydroxylation is 1. The molecule has 2 fully saturated rings. The van der Waals surface area contributed by atoms with E-state index in [-0.39, 0.29) is 5.91 Å². The molecule has 1 amide bonds. The Labute approximate surface area is 171 Å². The Kier molecular flexibility index (Phi) is 5.71. The van der Waals surface area contributed by atoms with Crippen LogP contribution in [-0.4, -0.2) is 48.9 Å². The summed E-state index contributed by atoms with van der Waals surface area (Å²) in [5.74, 6) is 1.43. The van der Waals surface area contributed by atoms with Gasteiger partial charge in [0.2, 0.25) is 11.1 Å². The van der Waals surface area contributed by atoms with Crippen molar-refractivity contribution < 1.29 is 4.79 Å². The Bertz CT molecular complexity index is 839. The molecule has 0 bridgehead atoms. The van der Waals surface area contributed by atoms with Gasteiger partial charge in [0.05, 0.1) is 11.4 Å². The number of rotatable bonds is 6. The molecule has 1 heterocycles. The number of benzene rings is 1. The Morgan fingerprint density at radius 3 is 2.50 bits per heavy atom. The number of hydrogen-bond acceptors (Lipinski definition) is 5. The molecular weight excluding hydrogens is 370 g/mol. The number of hydrogen-bond donors (Lipinski definition) is 0. The monoisotopic (exact) mass is 399 g/mol. The number of aromatic nitrogens is 4. The van der Waals surface area contributed by atoms with Gasteiger partial charge < -0.3 is 4.90 Å². The molecule has 2 aliphatic carbocycles. The predicted octanol–water partition coefficient (Wildman–Crippen LogP) is 3.94. The predicted molar refractivity (Wildman–Crippen MR) is 111 cm³/mol. The average molecular weight is 400 g/mol. The van der Waals surface area contributed by atoms with Gasteiger partial charge in [0.25, 0.3) is 0 Å². The molecule has 2 saturated carbocycles. The van der Waals surface area contributed by atoms with Crippen LogP contribution in [0.3, 0.4) is 0 Å². The van der Waals surface area contributed by atoms with E-state index in [9.17, 15) is 4.79 Å². The van der Waals surface area contributed by atoms with Crippen LogP contribution in [0.25, 0.3) is 5.69 Å². The number of carbonyl (C=O) groups is 1. The molecule has 0 unspecified atom stereocenters. The van der Waals surface area contributed by atoms with Crippen LogP contribution in [0.2, 0.25) is 0 Å². The first kappa shape index (κ1) is 19.4. The molecule has 0 radical (unpaired) electrons. The number of nitrogens with zero attached hydrogens (tertiary/aromatic N) is 5. The average Bonchev–Trinajstić information content (AvgIpc) is 3.41. The number of thioether (sulfide) groups is 1. The van der Waals surface area contributed by atoms with E-state index in [4.69, 9.17) is 0 Å². The van der Waals surface area contributed by atoms with E-state index in [1.165, 1.54) is 30.2 Å². The summed E-state index contributed by atoms with van der Waals surface area (Å²) in [6.45, 7) is 6.48. The van der Waals surface area contributed by atoms with Crippen LogP contribution < -0.4 is 0 Å². The minimum Gasteiger partial charge on any atom is -0.336 e. The normalized spacial score (nSPS) is 22.2. The summed E-state index contributed by atoms with van der Waals surface area (Å²) in [6, 6.07) is 6.99. The maximum atomic E-state index is 13.1. The summed E-state index contributed by atoms with van der Waals surface area (Å²) < 4.78 is 1.75. The van der Waals surface area contributed by atoms with Crippen molar-refractivity contribution in [1.29, 1.82) is 0 Å². The van der Waals surface area contributed by atoms with Crippen LogP contribution in [0, 0.1) is 19.8 Å². The van der Waals surface area contributed by atoms with E-state index in [1.807, 2.05) is 12.1 Å². The standard InChI is InChI=1S/C21H29N5OS/c1-14-7-9-17(10-8-14)25(18-11-12-18)20(27)13-28-21-22-23-24-26(21)19-6-4-5-15(2)16(19)3/h4-6,14,17-18H,7-13H2,1-3H3. The highest BCUT2D eigenvalue weighted by atomic mass is 32.2. The van der Waals surface area contributed by atoms with Crippen molar-refractivity contribution in [2.75, 3.05) is 5.75 Å². The van der Waals surface area contributed by atoms with Crippen molar-refractivity contribution >= 4 is 17.7 Å². The van der Waals surface area contributed by atoms with Gasteiger partial charge in [0, 0.05) is 12.1 Å². The molecule has 0 saturated heterocycles. The summed E-state index contributed by atoms with van der Waals surface area (Å²) in [7, 11) is 0. The maximum Gasteiger partial charge on any atom is 0.233 e. The molecule has 4 rings (SSSR count). The van der Waals surface area contributed by atoms with Gasteiger partial charge in [0.1, 0.15) is 0 Å². The zero-order chi connectivity index (χ0) is 19.7. The summed E-state index contributed by atoms with van der Waals surface area (Å²) in [4.78, 5) is 15.3. The molecule has 0 N–H and O–H groups in total. The van der Waals surface area contributed by atoms with Crippen LogP contribution in [0.4, 0.5) is 0 Å². The molecule has 2 aliphatic rings. The molecule has 0 spiro atoms. The van der Waals surface area contributed by atoms with E-state index in [0.717, 1.165) is 42.9 Å². The summed E-state index contributed by atoms with van der Waals surface area (Å²) in [6.07, 6.45) is 7.08. The minimum atomic E-state index is 0.238. The summed E-state index contributed by atoms with van der Waals surface area (Å²) in [5, 5.41) is 12.9.